The Morgan fingerprint density at radius 2 is 1.41 bits per heavy atom. The van der Waals surface area contributed by atoms with Gasteiger partial charge in [-0.3, -0.25) is 0 Å². The monoisotopic (exact) mass is 582 g/mol. The number of allylic oxidation sites excluding steroid dienone is 4. The minimum absolute atomic E-state index is 0.961. The van der Waals surface area contributed by atoms with E-state index in [-0.39, 0.29) is 0 Å². The van der Waals surface area contributed by atoms with Crippen molar-refractivity contribution in [2.45, 2.75) is 13.8 Å². The average Bonchev–Trinajstić information content (AvgIpc) is 3.63. The lowest BCUT2D eigenvalue weighted by Crippen LogP contribution is -1.96. The van der Waals surface area contributed by atoms with Gasteiger partial charge in [0.25, 0.3) is 0 Å². The number of pyridine rings is 1. The number of hydrogen-bond donors (Lipinski definition) is 0. The molecule has 0 spiro atoms. The van der Waals surface area contributed by atoms with Crippen molar-refractivity contribution in [1.82, 2.24) is 9.55 Å². The molecule has 8 rings (SSSR count). The van der Waals surface area contributed by atoms with E-state index in [0.29, 0.717) is 0 Å². The van der Waals surface area contributed by atoms with E-state index >= 15 is 0 Å². The van der Waals surface area contributed by atoms with Crippen LogP contribution in [0.1, 0.15) is 19.5 Å². The summed E-state index contributed by atoms with van der Waals surface area (Å²) in [7, 11) is 0. The van der Waals surface area contributed by atoms with E-state index < -0.39 is 0 Å². The molecule has 8 aromatic rings. The number of rotatable bonds is 5. The summed E-state index contributed by atoms with van der Waals surface area (Å²) in [5.41, 5.74) is 10.1. The highest BCUT2D eigenvalue weighted by Crippen LogP contribution is 2.43. The summed E-state index contributed by atoms with van der Waals surface area (Å²) in [6.07, 6.45) is 6.25. The van der Waals surface area contributed by atoms with Crippen LogP contribution in [0.2, 0.25) is 0 Å². The molecule has 0 atom stereocenters. The number of thiophene rings is 1. The predicted octanol–water partition coefficient (Wildman–Crippen LogP) is 11.9. The van der Waals surface area contributed by atoms with Gasteiger partial charge in [0.15, 0.2) is 0 Å². The number of fused-ring (bicyclic) bond motifs is 7. The topological polar surface area (TPSA) is 17.8 Å². The fourth-order valence-electron chi connectivity index (χ4n) is 6.36. The van der Waals surface area contributed by atoms with Gasteiger partial charge in [0.1, 0.15) is 0 Å². The van der Waals surface area contributed by atoms with Crippen molar-refractivity contribution in [2.24, 2.45) is 0 Å². The minimum Gasteiger partial charge on any atom is -0.309 e. The van der Waals surface area contributed by atoms with Crippen molar-refractivity contribution >= 4 is 58.9 Å². The Morgan fingerprint density at radius 1 is 0.636 bits per heavy atom. The molecule has 0 aliphatic carbocycles. The zero-order valence-corrected chi connectivity index (χ0v) is 25.5. The Morgan fingerprint density at radius 3 is 2.27 bits per heavy atom. The number of para-hydroxylation sites is 1. The molecule has 0 unspecified atom stereocenters. The van der Waals surface area contributed by atoms with Gasteiger partial charge < -0.3 is 4.57 Å². The van der Waals surface area contributed by atoms with Gasteiger partial charge in [-0.1, -0.05) is 97.1 Å². The van der Waals surface area contributed by atoms with Gasteiger partial charge in [0, 0.05) is 42.2 Å². The maximum Gasteiger partial charge on any atom is 0.0716 e. The van der Waals surface area contributed by atoms with Gasteiger partial charge in [0.2, 0.25) is 0 Å². The third-order valence-corrected chi connectivity index (χ3v) is 9.59. The van der Waals surface area contributed by atoms with E-state index in [0.717, 1.165) is 33.8 Å². The van der Waals surface area contributed by atoms with Crippen LogP contribution in [0.15, 0.2) is 146 Å². The third-order valence-electron chi connectivity index (χ3n) is 8.45. The fraction of sp³-hybridized carbons (Fsp3) is 0.0488. The Hall–Kier alpha value is -5.25. The van der Waals surface area contributed by atoms with E-state index in [4.69, 9.17) is 4.98 Å². The standard InChI is InChI=1S/C41H30N2S/c1-3-4-13-27(2)34-25-30(28-14-6-5-7-15-28)26-35(42-34)29-16-12-17-31(24-29)43-36-20-10-8-18-32(36)40-37(43)22-23-39-41(40)33-19-9-11-21-38(33)44-39/h3-26H,1-2H3/b4-3-,27-13+. The first-order chi connectivity index (χ1) is 21.7. The maximum atomic E-state index is 5.19. The molecule has 0 bridgehead atoms. The summed E-state index contributed by atoms with van der Waals surface area (Å²) in [6.45, 7) is 4.17. The third kappa shape index (κ3) is 4.36. The van der Waals surface area contributed by atoms with Gasteiger partial charge in [-0.2, -0.15) is 0 Å². The smallest absolute Gasteiger partial charge is 0.0716 e. The Bertz CT molecular complexity index is 2400. The molecule has 5 aromatic carbocycles. The van der Waals surface area contributed by atoms with Gasteiger partial charge in [-0.25, -0.2) is 4.98 Å². The molecule has 0 aliphatic heterocycles. The zero-order chi connectivity index (χ0) is 29.6. The summed E-state index contributed by atoms with van der Waals surface area (Å²) < 4.78 is 5.07. The van der Waals surface area contributed by atoms with E-state index in [1.807, 2.05) is 24.3 Å². The van der Waals surface area contributed by atoms with Crippen LogP contribution in [0.4, 0.5) is 0 Å². The Balaban J connectivity index is 1.36. The molecule has 2 nitrogen and oxygen atoms in total. The normalized spacial score (nSPS) is 12.4. The molecule has 3 heteroatoms. The second kappa shape index (κ2) is 10.8. The molecule has 0 fully saturated rings. The fourth-order valence-corrected chi connectivity index (χ4v) is 7.47. The Kier molecular flexibility index (Phi) is 6.47. The maximum absolute atomic E-state index is 5.19. The molecule has 0 radical (unpaired) electrons. The summed E-state index contributed by atoms with van der Waals surface area (Å²) in [5.74, 6) is 0. The zero-order valence-electron chi connectivity index (χ0n) is 24.7. The Labute approximate surface area is 260 Å². The quantitative estimate of drug-likeness (QED) is 0.185. The summed E-state index contributed by atoms with van der Waals surface area (Å²) in [6, 6.07) is 46.0. The molecule has 3 heterocycles. The number of nitrogens with zero attached hydrogens (tertiary/aromatic N) is 2. The first-order valence-electron chi connectivity index (χ1n) is 15.0. The molecule has 0 saturated carbocycles. The van der Waals surface area contributed by atoms with Crippen molar-refractivity contribution in [3.05, 3.63) is 151 Å². The van der Waals surface area contributed by atoms with Crippen LogP contribution in [0.3, 0.4) is 0 Å². The summed E-state index contributed by atoms with van der Waals surface area (Å²) in [4.78, 5) is 5.19. The van der Waals surface area contributed by atoms with E-state index in [1.54, 1.807) is 0 Å². The van der Waals surface area contributed by atoms with Gasteiger partial charge >= 0.3 is 0 Å². The van der Waals surface area contributed by atoms with Crippen LogP contribution in [-0.2, 0) is 0 Å². The predicted molar refractivity (Wildman–Crippen MR) is 191 cm³/mol. The largest absolute Gasteiger partial charge is 0.309 e. The van der Waals surface area contributed by atoms with E-state index in [9.17, 15) is 0 Å². The minimum atomic E-state index is 0.961. The van der Waals surface area contributed by atoms with Crippen LogP contribution in [0.25, 0.3) is 75.6 Å². The highest BCUT2D eigenvalue weighted by atomic mass is 32.1. The van der Waals surface area contributed by atoms with Crippen LogP contribution >= 0.6 is 11.3 Å². The van der Waals surface area contributed by atoms with Crippen LogP contribution in [0.5, 0.6) is 0 Å². The first-order valence-corrected chi connectivity index (χ1v) is 15.8. The molecular formula is C41H30N2S. The summed E-state index contributed by atoms with van der Waals surface area (Å²) in [5, 5.41) is 5.26. The molecular weight excluding hydrogens is 553 g/mol. The van der Waals surface area contributed by atoms with Gasteiger partial charge in [0.05, 0.1) is 22.4 Å². The second-order valence-electron chi connectivity index (χ2n) is 11.2. The van der Waals surface area contributed by atoms with Crippen molar-refractivity contribution in [1.29, 1.82) is 0 Å². The van der Waals surface area contributed by atoms with Gasteiger partial charge in [-0.05, 0) is 79.1 Å². The highest BCUT2D eigenvalue weighted by molar-refractivity contribution is 7.26. The van der Waals surface area contributed by atoms with Crippen LogP contribution in [-0.4, -0.2) is 9.55 Å². The number of hydrogen-bond acceptors (Lipinski definition) is 2. The summed E-state index contributed by atoms with van der Waals surface area (Å²) >= 11 is 1.87. The molecule has 0 aliphatic rings. The molecule has 3 aromatic heterocycles. The highest BCUT2D eigenvalue weighted by Gasteiger charge is 2.18. The van der Waals surface area contributed by atoms with Crippen LogP contribution < -0.4 is 0 Å². The van der Waals surface area contributed by atoms with E-state index in [2.05, 4.69) is 151 Å². The second-order valence-corrected chi connectivity index (χ2v) is 12.3. The molecule has 0 N–H and O–H groups in total. The SMILES string of the molecule is C/C=C\C=C(/C)c1cc(-c2ccccc2)cc(-c2cccc(-n3c4ccccc4c4c5c(ccc43)sc3ccccc35)c2)n1. The lowest BCUT2D eigenvalue weighted by atomic mass is 10.00. The van der Waals surface area contributed by atoms with Gasteiger partial charge in [-0.15, -0.1) is 11.3 Å². The van der Waals surface area contributed by atoms with E-state index in [1.165, 1.54) is 47.5 Å². The first kappa shape index (κ1) is 26.4. The molecule has 0 amide bonds. The van der Waals surface area contributed by atoms with Crippen molar-refractivity contribution in [3.63, 3.8) is 0 Å². The lowest BCUT2D eigenvalue weighted by molar-refractivity contribution is 1.18. The average molecular weight is 583 g/mol. The molecule has 44 heavy (non-hydrogen) atoms. The van der Waals surface area contributed by atoms with Crippen molar-refractivity contribution < 1.29 is 0 Å². The van der Waals surface area contributed by atoms with Crippen LogP contribution in [0, 0.1) is 0 Å². The van der Waals surface area contributed by atoms with Crippen molar-refractivity contribution in [3.8, 4) is 28.1 Å². The lowest BCUT2D eigenvalue weighted by Gasteiger charge is -2.13. The molecule has 0 saturated heterocycles. The number of benzene rings is 5. The molecule has 210 valence electrons. The van der Waals surface area contributed by atoms with Crippen molar-refractivity contribution in [2.75, 3.05) is 0 Å². The number of aromatic nitrogens is 2.